The molecule has 0 saturated heterocycles. The standard InChI is InChI=1S/C13H10O4S/c14-13(15)12-4-3-11(18-12)8-1-2-9-10(7-8)17-6-5-16-9/h1-4,7H,5-6H2,(H,14,15)/p-1. The molecule has 3 rings (SSSR count). The first-order chi connectivity index (χ1) is 8.74. The molecule has 0 radical (unpaired) electrons. The summed E-state index contributed by atoms with van der Waals surface area (Å²) in [5.74, 6) is 0.271. The molecule has 0 N–H and O–H groups in total. The Bertz CT molecular complexity index is 603. The highest BCUT2D eigenvalue weighted by molar-refractivity contribution is 7.17. The molecule has 5 heteroatoms. The van der Waals surface area contributed by atoms with Crippen LogP contribution in [0.4, 0.5) is 0 Å². The minimum atomic E-state index is -1.15. The molecule has 0 spiro atoms. The Balaban J connectivity index is 1.98. The molecule has 1 aliphatic heterocycles. The van der Waals surface area contributed by atoms with Gasteiger partial charge in [-0.05, 0) is 35.9 Å². The van der Waals surface area contributed by atoms with E-state index in [0.717, 1.165) is 16.2 Å². The zero-order chi connectivity index (χ0) is 12.5. The van der Waals surface area contributed by atoms with Crippen LogP contribution in [0, 0.1) is 0 Å². The third kappa shape index (κ3) is 1.93. The van der Waals surface area contributed by atoms with Crippen molar-refractivity contribution in [1.82, 2.24) is 0 Å². The first-order valence-electron chi connectivity index (χ1n) is 5.45. The van der Waals surface area contributed by atoms with Crippen molar-refractivity contribution >= 4 is 17.3 Å². The van der Waals surface area contributed by atoms with Crippen molar-refractivity contribution in [2.75, 3.05) is 13.2 Å². The summed E-state index contributed by atoms with van der Waals surface area (Å²) in [7, 11) is 0. The maximum absolute atomic E-state index is 10.7. The Labute approximate surface area is 107 Å². The number of carboxylic acids is 1. The van der Waals surface area contributed by atoms with Crippen molar-refractivity contribution < 1.29 is 19.4 Å². The molecule has 0 bridgehead atoms. The predicted molar refractivity (Wildman–Crippen MR) is 65.1 cm³/mol. The fraction of sp³-hybridized carbons (Fsp3) is 0.154. The fourth-order valence-corrected chi connectivity index (χ4v) is 2.64. The summed E-state index contributed by atoms with van der Waals surface area (Å²) in [6.07, 6.45) is 0. The molecule has 0 atom stereocenters. The Morgan fingerprint density at radius 1 is 1.11 bits per heavy atom. The van der Waals surface area contributed by atoms with Gasteiger partial charge in [0.1, 0.15) is 13.2 Å². The first kappa shape index (κ1) is 11.1. The molecular formula is C13H9O4S-. The monoisotopic (exact) mass is 261 g/mol. The molecule has 0 saturated carbocycles. The number of hydrogen-bond donors (Lipinski definition) is 0. The second-order valence-electron chi connectivity index (χ2n) is 3.81. The minimum absolute atomic E-state index is 0.222. The molecule has 18 heavy (non-hydrogen) atoms. The van der Waals surface area contributed by atoms with Gasteiger partial charge in [-0.1, -0.05) is 0 Å². The molecule has 92 valence electrons. The number of carbonyl (C=O) groups is 1. The SMILES string of the molecule is O=C([O-])c1ccc(-c2ccc3c(c2)OCCO3)s1. The summed E-state index contributed by atoms with van der Waals surface area (Å²) in [5.41, 5.74) is 0.914. The van der Waals surface area contributed by atoms with Crippen LogP contribution in [0.1, 0.15) is 9.67 Å². The number of fused-ring (bicyclic) bond motifs is 1. The van der Waals surface area contributed by atoms with E-state index in [0.29, 0.717) is 19.0 Å². The van der Waals surface area contributed by atoms with Crippen LogP contribution in [0.2, 0.25) is 0 Å². The molecule has 0 aliphatic carbocycles. The average molecular weight is 261 g/mol. The van der Waals surface area contributed by atoms with Crippen LogP contribution in [-0.2, 0) is 0 Å². The molecule has 0 amide bonds. The van der Waals surface area contributed by atoms with Crippen LogP contribution in [0.3, 0.4) is 0 Å². The zero-order valence-corrected chi connectivity index (χ0v) is 10.2. The van der Waals surface area contributed by atoms with Gasteiger partial charge in [-0.2, -0.15) is 0 Å². The van der Waals surface area contributed by atoms with Gasteiger partial charge in [0.15, 0.2) is 11.5 Å². The lowest BCUT2D eigenvalue weighted by Gasteiger charge is -2.18. The van der Waals surface area contributed by atoms with Crippen LogP contribution < -0.4 is 14.6 Å². The number of thiophene rings is 1. The van der Waals surface area contributed by atoms with E-state index in [1.807, 2.05) is 18.2 Å². The van der Waals surface area contributed by atoms with Gasteiger partial charge < -0.3 is 19.4 Å². The lowest BCUT2D eigenvalue weighted by molar-refractivity contribution is -0.254. The van der Waals surface area contributed by atoms with E-state index in [1.54, 1.807) is 12.1 Å². The van der Waals surface area contributed by atoms with E-state index >= 15 is 0 Å². The Morgan fingerprint density at radius 2 is 1.89 bits per heavy atom. The lowest BCUT2D eigenvalue weighted by atomic mass is 10.1. The third-order valence-corrected chi connectivity index (χ3v) is 3.75. The van der Waals surface area contributed by atoms with Crippen molar-refractivity contribution in [3.05, 3.63) is 35.2 Å². The Kier molecular flexibility index (Phi) is 2.68. The van der Waals surface area contributed by atoms with Crippen LogP contribution >= 0.6 is 11.3 Å². The van der Waals surface area contributed by atoms with Crippen molar-refractivity contribution in [3.63, 3.8) is 0 Å². The Morgan fingerprint density at radius 3 is 2.61 bits per heavy atom. The molecule has 2 heterocycles. The number of carbonyl (C=O) groups excluding carboxylic acids is 1. The quantitative estimate of drug-likeness (QED) is 0.823. The van der Waals surface area contributed by atoms with Gasteiger partial charge in [0.05, 0.1) is 10.8 Å². The normalized spacial score (nSPS) is 13.3. The highest BCUT2D eigenvalue weighted by Crippen LogP contribution is 2.36. The predicted octanol–water partition coefficient (Wildman–Crippen LogP) is 1.55. The lowest BCUT2D eigenvalue weighted by Crippen LogP contribution is -2.20. The van der Waals surface area contributed by atoms with Crippen LogP contribution in [0.5, 0.6) is 11.5 Å². The average Bonchev–Trinajstić information content (AvgIpc) is 2.88. The van der Waals surface area contributed by atoms with Crippen molar-refractivity contribution in [3.8, 4) is 21.9 Å². The van der Waals surface area contributed by atoms with Crippen LogP contribution in [-0.4, -0.2) is 19.2 Å². The van der Waals surface area contributed by atoms with E-state index in [-0.39, 0.29) is 4.88 Å². The topological polar surface area (TPSA) is 58.6 Å². The van der Waals surface area contributed by atoms with E-state index in [1.165, 1.54) is 11.3 Å². The Hall–Kier alpha value is -2.01. The van der Waals surface area contributed by atoms with Crippen molar-refractivity contribution in [2.24, 2.45) is 0 Å². The molecule has 1 aromatic heterocycles. The van der Waals surface area contributed by atoms with E-state index in [9.17, 15) is 9.90 Å². The van der Waals surface area contributed by atoms with Gasteiger partial charge in [0, 0.05) is 4.88 Å². The molecule has 4 nitrogen and oxygen atoms in total. The smallest absolute Gasteiger partial charge is 0.162 e. The minimum Gasteiger partial charge on any atom is -0.544 e. The summed E-state index contributed by atoms with van der Waals surface area (Å²) < 4.78 is 10.9. The van der Waals surface area contributed by atoms with Crippen molar-refractivity contribution in [1.29, 1.82) is 0 Å². The maximum Gasteiger partial charge on any atom is 0.162 e. The molecular weight excluding hydrogens is 252 g/mol. The van der Waals surface area contributed by atoms with Gasteiger partial charge in [-0.3, -0.25) is 0 Å². The largest absolute Gasteiger partial charge is 0.544 e. The highest BCUT2D eigenvalue weighted by Gasteiger charge is 2.13. The van der Waals surface area contributed by atoms with E-state index in [2.05, 4.69) is 0 Å². The number of ether oxygens (including phenoxy) is 2. The summed E-state index contributed by atoms with van der Waals surface area (Å²) in [4.78, 5) is 11.8. The molecule has 0 fully saturated rings. The maximum atomic E-state index is 10.7. The number of benzene rings is 1. The van der Waals surface area contributed by atoms with Gasteiger partial charge in [-0.15, -0.1) is 11.3 Å². The second-order valence-corrected chi connectivity index (χ2v) is 4.89. The van der Waals surface area contributed by atoms with E-state index in [4.69, 9.17) is 9.47 Å². The highest BCUT2D eigenvalue weighted by atomic mass is 32.1. The van der Waals surface area contributed by atoms with E-state index < -0.39 is 5.97 Å². The van der Waals surface area contributed by atoms with Crippen LogP contribution in [0.25, 0.3) is 10.4 Å². The molecule has 0 unspecified atom stereocenters. The van der Waals surface area contributed by atoms with Gasteiger partial charge in [-0.25, -0.2) is 0 Å². The second kappa shape index (κ2) is 4.34. The van der Waals surface area contributed by atoms with Gasteiger partial charge in [0.25, 0.3) is 0 Å². The van der Waals surface area contributed by atoms with Gasteiger partial charge in [0.2, 0.25) is 0 Å². The number of carboxylic acid groups (broad SMARTS) is 1. The summed E-state index contributed by atoms with van der Waals surface area (Å²) in [6, 6.07) is 8.90. The third-order valence-electron chi connectivity index (χ3n) is 2.63. The number of hydrogen-bond acceptors (Lipinski definition) is 5. The summed E-state index contributed by atoms with van der Waals surface area (Å²) >= 11 is 1.19. The molecule has 1 aromatic carbocycles. The molecule has 1 aliphatic rings. The number of rotatable bonds is 2. The summed E-state index contributed by atoms with van der Waals surface area (Å²) in [6.45, 7) is 1.09. The molecule has 2 aromatic rings. The summed E-state index contributed by atoms with van der Waals surface area (Å²) in [5, 5.41) is 10.7. The first-order valence-corrected chi connectivity index (χ1v) is 6.27. The van der Waals surface area contributed by atoms with Gasteiger partial charge >= 0.3 is 0 Å². The van der Waals surface area contributed by atoms with Crippen molar-refractivity contribution in [2.45, 2.75) is 0 Å². The fourth-order valence-electron chi connectivity index (χ4n) is 1.80. The zero-order valence-electron chi connectivity index (χ0n) is 9.34. The van der Waals surface area contributed by atoms with Crippen LogP contribution in [0.15, 0.2) is 30.3 Å². The number of aromatic carboxylic acids is 1.